The lowest BCUT2D eigenvalue weighted by atomic mass is 9.95. The van der Waals surface area contributed by atoms with Gasteiger partial charge < -0.3 is 10.6 Å². The van der Waals surface area contributed by atoms with Crippen LogP contribution in [0.3, 0.4) is 0 Å². The predicted octanol–water partition coefficient (Wildman–Crippen LogP) is 4.13. The van der Waals surface area contributed by atoms with Gasteiger partial charge in [0.05, 0.1) is 0 Å². The van der Waals surface area contributed by atoms with Crippen LogP contribution >= 0.6 is 0 Å². The van der Waals surface area contributed by atoms with Gasteiger partial charge in [0.25, 0.3) is 0 Å². The van der Waals surface area contributed by atoms with Gasteiger partial charge in [0.1, 0.15) is 0 Å². The fourth-order valence-electron chi connectivity index (χ4n) is 4.22. The zero-order valence-electron chi connectivity index (χ0n) is 13.4. The van der Waals surface area contributed by atoms with E-state index in [4.69, 9.17) is 5.73 Å². The van der Waals surface area contributed by atoms with Crippen molar-refractivity contribution in [3.63, 3.8) is 0 Å². The number of hydrogen-bond donors (Lipinski definition) is 1. The second-order valence-electron chi connectivity index (χ2n) is 6.99. The first-order chi connectivity index (χ1) is 10.3. The molecule has 2 unspecified atom stereocenters. The molecule has 3 rings (SSSR count). The Morgan fingerprint density at radius 3 is 2.48 bits per heavy atom. The molecule has 2 fully saturated rings. The van der Waals surface area contributed by atoms with E-state index in [2.05, 4.69) is 36.1 Å². The molecule has 2 N–H and O–H groups in total. The third kappa shape index (κ3) is 3.42. The van der Waals surface area contributed by atoms with Gasteiger partial charge in [-0.15, -0.1) is 0 Å². The molecule has 1 aromatic rings. The van der Waals surface area contributed by atoms with Crippen LogP contribution in [0.4, 0.5) is 5.69 Å². The summed E-state index contributed by atoms with van der Waals surface area (Å²) in [6.45, 7) is 3.41. The quantitative estimate of drug-likeness (QED) is 0.882. The summed E-state index contributed by atoms with van der Waals surface area (Å²) in [7, 11) is 0. The maximum absolute atomic E-state index is 6.06. The lowest BCUT2D eigenvalue weighted by Gasteiger charge is -2.31. The molecule has 0 spiro atoms. The molecule has 0 aromatic heterocycles. The fourth-order valence-corrected chi connectivity index (χ4v) is 4.22. The van der Waals surface area contributed by atoms with Crippen molar-refractivity contribution in [1.82, 2.24) is 0 Å². The Hall–Kier alpha value is -1.02. The van der Waals surface area contributed by atoms with Crippen LogP contribution in [0.15, 0.2) is 24.3 Å². The third-order valence-electron chi connectivity index (χ3n) is 5.53. The molecule has 0 bridgehead atoms. The molecule has 0 amide bonds. The van der Waals surface area contributed by atoms with E-state index >= 15 is 0 Å². The molecular formula is C19H30N2. The highest BCUT2D eigenvalue weighted by Crippen LogP contribution is 2.37. The van der Waals surface area contributed by atoms with E-state index in [9.17, 15) is 0 Å². The van der Waals surface area contributed by atoms with Gasteiger partial charge in [0.15, 0.2) is 0 Å². The van der Waals surface area contributed by atoms with Crippen molar-refractivity contribution in [1.29, 1.82) is 0 Å². The molecular weight excluding hydrogens is 256 g/mol. The molecule has 2 heteroatoms. The first-order valence-corrected chi connectivity index (χ1v) is 8.89. The predicted molar refractivity (Wildman–Crippen MR) is 90.7 cm³/mol. The van der Waals surface area contributed by atoms with E-state index in [0.29, 0.717) is 6.04 Å². The number of hydrogen-bond acceptors (Lipinski definition) is 2. The first-order valence-electron chi connectivity index (χ1n) is 8.89. The average molecular weight is 286 g/mol. The van der Waals surface area contributed by atoms with E-state index in [1.807, 2.05) is 0 Å². The topological polar surface area (TPSA) is 29.3 Å². The molecule has 1 saturated carbocycles. The number of benzene rings is 1. The Morgan fingerprint density at radius 2 is 1.81 bits per heavy atom. The molecule has 116 valence electrons. The van der Waals surface area contributed by atoms with Crippen LogP contribution in [-0.4, -0.2) is 18.6 Å². The summed E-state index contributed by atoms with van der Waals surface area (Å²) in [5.74, 6) is 0.945. The smallest absolute Gasteiger partial charge is 0.0368 e. The van der Waals surface area contributed by atoms with Crippen molar-refractivity contribution in [3.8, 4) is 0 Å². The summed E-state index contributed by atoms with van der Waals surface area (Å²) >= 11 is 0. The molecule has 0 radical (unpaired) electrons. The molecule has 2 nitrogen and oxygen atoms in total. The highest BCUT2D eigenvalue weighted by molar-refractivity contribution is 5.50. The lowest BCUT2D eigenvalue weighted by Crippen LogP contribution is -2.34. The molecule has 1 saturated heterocycles. The minimum absolute atomic E-state index is 0.300. The summed E-state index contributed by atoms with van der Waals surface area (Å²) in [6.07, 6.45) is 10.6. The molecule has 2 aliphatic rings. The van der Waals surface area contributed by atoms with E-state index < -0.39 is 0 Å². The Kier molecular flexibility index (Phi) is 4.84. The van der Waals surface area contributed by atoms with Gasteiger partial charge >= 0.3 is 0 Å². The molecule has 21 heavy (non-hydrogen) atoms. The molecule has 2 atom stereocenters. The van der Waals surface area contributed by atoms with Crippen LogP contribution in [0.5, 0.6) is 0 Å². The van der Waals surface area contributed by atoms with Gasteiger partial charge in [-0.05, 0) is 62.1 Å². The Bertz CT molecular complexity index is 433. The molecule has 1 aliphatic carbocycles. The van der Waals surface area contributed by atoms with Gasteiger partial charge in [-0.2, -0.15) is 0 Å². The van der Waals surface area contributed by atoms with Crippen LogP contribution in [0.1, 0.15) is 57.4 Å². The number of nitrogens with two attached hydrogens (primary N) is 1. The van der Waals surface area contributed by atoms with Crippen LogP contribution in [-0.2, 0) is 6.42 Å². The van der Waals surface area contributed by atoms with Crippen LogP contribution in [0, 0.1) is 5.92 Å². The minimum Gasteiger partial charge on any atom is -0.368 e. The molecule has 1 heterocycles. The first kappa shape index (κ1) is 14.9. The van der Waals surface area contributed by atoms with Crippen molar-refractivity contribution in [2.45, 2.75) is 70.4 Å². The summed E-state index contributed by atoms with van der Waals surface area (Å²) in [5.41, 5.74) is 8.87. The van der Waals surface area contributed by atoms with E-state index in [0.717, 1.165) is 24.8 Å². The lowest BCUT2D eigenvalue weighted by molar-refractivity contribution is 0.431. The summed E-state index contributed by atoms with van der Waals surface area (Å²) in [4.78, 5) is 2.68. The minimum atomic E-state index is 0.300. The van der Waals surface area contributed by atoms with Crippen LogP contribution in [0.25, 0.3) is 0 Å². The largest absolute Gasteiger partial charge is 0.368 e. The summed E-state index contributed by atoms with van der Waals surface area (Å²) in [5, 5.41) is 0. The van der Waals surface area contributed by atoms with E-state index in [-0.39, 0.29) is 0 Å². The van der Waals surface area contributed by atoms with Gasteiger partial charge in [0.2, 0.25) is 0 Å². The van der Waals surface area contributed by atoms with Crippen molar-refractivity contribution >= 4 is 5.69 Å². The number of anilines is 1. The normalized spacial score (nSPS) is 24.7. The van der Waals surface area contributed by atoms with Gasteiger partial charge in [-0.3, -0.25) is 0 Å². The zero-order valence-corrected chi connectivity index (χ0v) is 13.4. The van der Waals surface area contributed by atoms with Crippen LogP contribution in [0.2, 0.25) is 0 Å². The van der Waals surface area contributed by atoms with Gasteiger partial charge in [0, 0.05) is 24.3 Å². The van der Waals surface area contributed by atoms with E-state index in [1.165, 1.54) is 56.3 Å². The highest BCUT2D eigenvalue weighted by atomic mass is 15.2. The Balaban J connectivity index is 1.67. The maximum Gasteiger partial charge on any atom is 0.0368 e. The van der Waals surface area contributed by atoms with Crippen molar-refractivity contribution in [2.24, 2.45) is 11.7 Å². The van der Waals surface area contributed by atoms with Crippen molar-refractivity contribution in [3.05, 3.63) is 29.8 Å². The highest BCUT2D eigenvalue weighted by Gasteiger charge is 2.33. The zero-order chi connectivity index (χ0) is 14.7. The monoisotopic (exact) mass is 286 g/mol. The standard InChI is InChI=1S/C19H30N2/c1-2-17(20)14-15-9-11-18(12-10-15)21-13-5-8-19(21)16-6-3-4-7-16/h9-12,16-17,19H,2-8,13-14,20H2,1H3. The van der Waals surface area contributed by atoms with Gasteiger partial charge in [-0.25, -0.2) is 0 Å². The Labute approximate surface area is 129 Å². The van der Waals surface area contributed by atoms with Crippen molar-refractivity contribution < 1.29 is 0 Å². The molecule has 1 aromatic carbocycles. The summed E-state index contributed by atoms with van der Waals surface area (Å²) < 4.78 is 0. The number of rotatable bonds is 5. The summed E-state index contributed by atoms with van der Waals surface area (Å²) in [6, 6.07) is 10.3. The van der Waals surface area contributed by atoms with E-state index in [1.54, 1.807) is 0 Å². The Morgan fingerprint density at radius 1 is 1.10 bits per heavy atom. The van der Waals surface area contributed by atoms with Crippen LogP contribution < -0.4 is 10.6 Å². The SMILES string of the molecule is CCC(N)Cc1ccc(N2CCCC2C2CCCC2)cc1. The van der Waals surface area contributed by atoms with Gasteiger partial charge in [-0.1, -0.05) is 31.9 Å². The van der Waals surface area contributed by atoms with Crippen molar-refractivity contribution in [2.75, 3.05) is 11.4 Å². The number of nitrogens with zero attached hydrogens (tertiary/aromatic N) is 1. The fraction of sp³-hybridized carbons (Fsp3) is 0.684. The third-order valence-corrected chi connectivity index (χ3v) is 5.53. The molecule has 1 aliphatic heterocycles. The maximum atomic E-state index is 6.06. The average Bonchev–Trinajstić information content (AvgIpc) is 3.18. The second-order valence-corrected chi connectivity index (χ2v) is 6.99. The second kappa shape index (κ2) is 6.83.